The van der Waals surface area contributed by atoms with Gasteiger partial charge in [0.1, 0.15) is 0 Å². The van der Waals surface area contributed by atoms with Gasteiger partial charge in [-0.1, -0.05) is 42.0 Å². The Bertz CT molecular complexity index is 238. The number of allylic oxidation sites excluding steroid dienone is 2. The molecule has 0 unspecified atom stereocenters. The minimum atomic E-state index is 0. The van der Waals surface area contributed by atoms with Crippen molar-refractivity contribution < 1.29 is 0 Å². The van der Waals surface area contributed by atoms with Crippen LogP contribution in [-0.2, 0) is 6.42 Å². The van der Waals surface area contributed by atoms with Gasteiger partial charge in [-0.25, -0.2) is 0 Å². The molecule has 0 aliphatic rings. The van der Waals surface area contributed by atoms with Crippen LogP contribution in [0.4, 0.5) is 0 Å². The molecule has 0 bridgehead atoms. The van der Waals surface area contributed by atoms with E-state index in [-0.39, 0.29) is 18.6 Å². The Hall–Kier alpha value is -0.790. The largest absolute Gasteiger partial charge is 0.344 e. The number of hydrogen-bond acceptors (Lipinski definition) is 1. The van der Waals surface area contributed by atoms with Gasteiger partial charge in [0.25, 0.3) is 0 Å². The number of benzene rings is 1. The van der Waals surface area contributed by atoms with Gasteiger partial charge in [0, 0.05) is 0 Å². The van der Waals surface area contributed by atoms with Crippen molar-refractivity contribution in [2.24, 2.45) is 0 Å². The first-order valence-electron chi connectivity index (χ1n) is 3.96. The van der Waals surface area contributed by atoms with Crippen molar-refractivity contribution in [2.45, 2.75) is 20.3 Å². The first-order valence-corrected chi connectivity index (χ1v) is 3.96. The fourth-order valence-electron chi connectivity index (χ4n) is 0.936. The minimum Gasteiger partial charge on any atom is -0.344 e. The summed E-state index contributed by atoms with van der Waals surface area (Å²) >= 11 is 0. The van der Waals surface area contributed by atoms with E-state index in [1.807, 2.05) is 6.07 Å². The second-order valence-electron chi connectivity index (χ2n) is 2.97. The van der Waals surface area contributed by atoms with Gasteiger partial charge in [-0.2, -0.15) is 0 Å². The average molecular weight is 200 g/mol. The highest BCUT2D eigenvalue weighted by molar-refractivity contribution is 5.85. The van der Waals surface area contributed by atoms with Crippen molar-refractivity contribution in [1.82, 2.24) is 6.15 Å². The second kappa shape index (κ2) is 7.84. The summed E-state index contributed by atoms with van der Waals surface area (Å²) in [6.45, 7) is 4.26. The summed E-state index contributed by atoms with van der Waals surface area (Å²) in [5, 5.41) is 0. The Kier molecular flexibility index (Phi) is 8.87. The summed E-state index contributed by atoms with van der Waals surface area (Å²) in [6, 6.07) is 10.5. The summed E-state index contributed by atoms with van der Waals surface area (Å²) in [6.07, 6.45) is 3.30. The molecule has 0 saturated heterocycles. The Morgan fingerprint density at radius 1 is 1.15 bits per heavy atom. The fraction of sp³-hybridized carbons (Fsp3) is 0.273. The van der Waals surface area contributed by atoms with Crippen LogP contribution in [0.2, 0.25) is 0 Å². The van der Waals surface area contributed by atoms with Gasteiger partial charge >= 0.3 is 0 Å². The van der Waals surface area contributed by atoms with Crippen LogP contribution in [0.25, 0.3) is 0 Å². The van der Waals surface area contributed by atoms with Crippen LogP contribution in [-0.4, -0.2) is 0 Å². The van der Waals surface area contributed by atoms with E-state index in [1.165, 1.54) is 11.1 Å². The summed E-state index contributed by atoms with van der Waals surface area (Å²) in [4.78, 5) is 0. The van der Waals surface area contributed by atoms with Crippen LogP contribution in [0.3, 0.4) is 0 Å². The van der Waals surface area contributed by atoms with Crippen LogP contribution < -0.4 is 6.15 Å². The van der Waals surface area contributed by atoms with E-state index in [0.717, 1.165) is 6.42 Å². The average Bonchev–Trinajstić information content (AvgIpc) is 2.03. The van der Waals surface area contributed by atoms with Crippen molar-refractivity contribution >= 4 is 12.4 Å². The van der Waals surface area contributed by atoms with Crippen LogP contribution in [0.1, 0.15) is 19.4 Å². The molecular weight excluding hydrogens is 182 g/mol. The molecule has 0 aliphatic heterocycles. The lowest BCUT2D eigenvalue weighted by Gasteiger charge is -1.94. The summed E-state index contributed by atoms with van der Waals surface area (Å²) in [5.74, 6) is 0. The summed E-state index contributed by atoms with van der Waals surface area (Å²) in [5.41, 5.74) is 2.77. The third-order valence-corrected chi connectivity index (χ3v) is 1.59. The zero-order chi connectivity index (χ0) is 8.10. The van der Waals surface area contributed by atoms with Gasteiger partial charge < -0.3 is 6.15 Å². The van der Waals surface area contributed by atoms with E-state index in [1.54, 1.807) is 0 Å². The van der Waals surface area contributed by atoms with Crippen LogP contribution in [0.5, 0.6) is 0 Å². The van der Waals surface area contributed by atoms with E-state index in [2.05, 4.69) is 44.2 Å². The van der Waals surface area contributed by atoms with E-state index in [4.69, 9.17) is 0 Å². The molecule has 2 heteroatoms. The second-order valence-corrected chi connectivity index (χ2v) is 2.97. The standard InChI is InChI=1S/C11H14.ClH.H3N/c1-10(2)8-9-11-6-4-3-5-7-11;;/h3-8H,9H2,1-2H3;1H;1H3. The maximum absolute atomic E-state index is 2.25. The van der Waals surface area contributed by atoms with Gasteiger partial charge in [0.15, 0.2) is 0 Å². The molecule has 0 radical (unpaired) electrons. The Balaban J connectivity index is 0. The van der Waals surface area contributed by atoms with Gasteiger partial charge in [-0.05, 0) is 25.8 Å². The van der Waals surface area contributed by atoms with E-state index in [9.17, 15) is 0 Å². The first kappa shape index (κ1) is 14.7. The van der Waals surface area contributed by atoms with E-state index >= 15 is 0 Å². The molecule has 1 nitrogen and oxygen atoms in total. The monoisotopic (exact) mass is 199 g/mol. The quantitative estimate of drug-likeness (QED) is 0.723. The molecular formula is C11H18ClN. The highest BCUT2D eigenvalue weighted by Gasteiger charge is 1.85. The molecule has 1 rings (SSSR count). The molecule has 3 N–H and O–H groups in total. The molecule has 0 atom stereocenters. The number of halogens is 1. The predicted molar refractivity (Wildman–Crippen MR) is 61.8 cm³/mol. The van der Waals surface area contributed by atoms with Crippen molar-refractivity contribution in [3.05, 3.63) is 47.5 Å². The lowest BCUT2D eigenvalue weighted by molar-refractivity contribution is 1.21. The SMILES string of the molecule is CC(C)=CCc1ccccc1.Cl.N. The van der Waals surface area contributed by atoms with Crippen molar-refractivity contribution in [2.75, 3.05) is 0 Å². The highest BCUT2D eigenvalue weighted by Crippen LogP contribution is 2.01. The molecule has 0 fully saturated rings. The topological polar surface area (TPSA) is 35.0 Å². The third kappa shape index (κ3) is 6.38. The van der Waals surface area contributed by atoms with Gasteiger partial charge in [0.05, 0.1) is 0 Å². The highest BCUT2D eigenvalue weighted by atomic mass is 35.5. The molecule has 0 heterocycles. The smallest absolute Gasteiger partial charge is 0.00950 e. The van der Waals surface area contributed by atoms with Crippen LogP contribution in [0.15, 0.2) is 42.0 Å². The molecule has 0 saturated carbocycles. The zero-order valence-corrected chi connectivity index (χ0v) is 9.10. The fourth-order valence-corrected chi connectivity index (χ4v) is 0.936. The number of hydrogen-bond donors (Lipinski definition) is 1. The summed E-state index contributed by atoms with van der Waals surface area (Å²) in [7, 11) is 0. The van der Waals surface area contributed by atoms with Gasteiger partial charge in [-0.3, -0.25) is 0 Å². The molecule has 74 valence electrons. The summed E-state index contributed by atoms with van der Waals surface area (Å²) < 4.78 is 0. The molecule has 1 aromatic rings. The van der Waals surface area contributed by atoms with E-state index < -0.39 is 0 Å². The normalized spacial score (nSPS) is 7.85. The Labute approximate surface area is 86.9 Å². The van der Waals surface area contributed by atoms with Crippen LogP contribution >= 0.6 is 12.4 Å². The molecule has 0 aromatic heterocycles. The predicted octanol–water partition coefficient (Wildman–Crippen LogP) is 3.78. The van der Waals surface area contributed by atoms with Crippen molar-refractivity contribution in [3.8, 4) is 0 Å². The lowest BCUT2D eigenvalue weighted by atomic mass is 10.1. The molecule has 0 aliphatic carbocycles. The third-order valence-electron chi connectivity index (χ3n) is 1.59. The number of rotatable bonds is 2. The zero-order valence-electron chi connectivity index (χ0n) is 8.29. The van der Waals surface area contributed by atoms with Gasteiger partial charge in [0.2, 0.25) is 0 Å². The Morgan fingerprint density at radius 3 is 2.15 bits per heavy atom. The first-order chi connectivity index (χ1) is 5.29. The van der Waals surface area contributed by atoms with Crippen molar-refractivity contribution in [3.63, 3.8) is 0 Å². The maximum atomic E-state index is 2.25. The lowest BCUT2D eigenvalue weighted by Crippen LogP contribution is -1.79. The minimum absolute atomic E-state index is 0. The maximum Gasteiger partial charge on any atom is -0.00950 e. The molecule has 1 aromatic carbocycles. The van der Waals surface area contributed by atoms with Crippen molar-refractivity contribution in [1.29, 1.82) is 0 Å². The molecule has 13 heavy (non-hydrogen) atoms. The van der Waals surface area contributed by atoms with Gasteiger partial charge in [-0.15, -0.1) is 12.4 Å². The van der Waals surface area contributed by atoms with E-state index in [0.29, 0.717) is 0 Å². The molecule has 0 amide bonds. The Morgan fingerprint density at radius 2 is 1.69 bits per heavy atom. The molecule has 0 spiro atoms. The van der Waals surface area contributed by atoms with Crippen LogP contribution in [0, 0.1) is 0 Å².